The Morgan fingerprint density at radius 1 is 1.29 bits per heavy atom. The molecule has 5 nitrogen and oxygen atoms in total. The smallest absolute Gasteiger partial charge is 0.421 e. The lowest BCUT2D eigenvalue weighted by molar-refractivity contribution is 0.0107. The van der Waals surface area contributed by atoms with Gasteiger partial charge in [0.2, 0.25) is 0 Å². The summed E-state index contributed by atoms with van der Waals surface area (Å²) in [6.07, 6.45) is 3.12. The standard InChI is InChI=1S/C11H17O5P/c1-2-3-4-9-5-7-10(8-6-9)16-17(14,15)11(12)13/h5-8,11-13H,2-4H2,1H3,(H,14,15). The van der Waals surface area contributed by atoms with Crippen LogP contribution >= 0.6 is 7.60 Å². The van der Waals surface area contributed by atoms with Crippen molar-refractivity contribution in [3.8, 4) is 5.75 Å². The second-order valence-corrected chi connectivity index (χ2v) is 5.52. The zero-order valence-corrected chi connectivity index (χ0v) is 10.5. The number of aliphatic hydroxyl groups excluding tert-OH is 1. The van der Waals surface area contributed by atoms with E-state index in [4.69, 9.17) is 15.1 Å². The molecule has 1 atom stereocenters. The molecule has 1 aromatic carbocycles. The average molecular weight is 260 g/mol. The summed E-state index contributed by atoms with van der Waals surface area (Å²) in [5, 5.41) is 17.3. The monoisotopic (exact) mass is 260 g/mol. The topological polar surface area (TPSA) is 87.0 Å². The minimum absolute atomic E-state index is 0.143. The van der Waals surface area contributed by atoms with Gasteiger partial charge in [-0.15, -0.1) is 0 Å². The fourth-order valence-corrected chi connectivity index (χ4v) is 1.81. The van der Waals surface area contributed by atoms with Crippen LogP contribution in [0.1, 0.15) is 25.3 Å². The van der Waals surface area contributed by atoms with E-state index in [1.54, 1.807) is 12.1 Å². The van der Waals surface area contributed by atoms with E-state index in [1.807, 2.05) is 0 Å². The van der Waals surface area contributed by atoms with E-state index < -0.39 is 13.6 Å². The second-order valence-electron chi connectivity index (χ2n) is 3.75. The summed E-state index contributed by atoms with van der Waals surface area (Å²) in [6.45, 7) is 2.10. The molecule has 96 valence electrons. The third-order valence-electron chi connectivity index (χ3n) is 2.27. The van der Waals surface area contributed by atoms with Crippen molar-refractivity contribution in [3.05, 3.63) is 29.8 Å². The van der Waals surface area contributed by atoms with Gasteiger partial charge in [0.1, 0.15) is 5.75 Å². The highest BCUT2D eigenvalue weighted by molar-refractivity contribution is 7.53. The molecule has 1 unspecified atom stereocenters. The minimum Gasteiger partial charge on any atom is -0.421 e. The van der Waals surface area contributed by atoms with Gasteiger partial charge in [0.25, 0.3) is 6.03 Å². The first-order chi connectivity index (χ1) is 7.95. The van der Waals surface area contributed by atoms with E-state index in [2.05, 4.69) is 11.4 Å². The van der Waals surface area contributed by atoms with Crippen LogP contribution < -0.4 is 4.52 Å². The Hall–Kier alpha value is -0.870. The molecule has 1 aromatic rings. The minimum atomic E-state index is -4.41. The van der Waals surface area contributed by atoms with E-state index in [0.717, 1.165) is 24.8 Å². The largest absolute Gasteiger partial charge is 0.432 e. The van der Waals surface area contributed by atoms with E-state index in [-0.39, 0.29) is 5.75 Å². The number of aryl methyl sites for hydroxylation is 1. The first kappa shape index (κ1) is 14.2. The van der Waals surface area contributed by atoms with Crippen LogP contribution in [0.25, 0.3) is 0 Å². The summed E-state index contributed by atoms with van der Waals surface area (Å²) in [7, 11) is -4.41. The molecule has 0 saturated carbocycles. The summed E-state index contributed by atoms with van der Waals surface area (Å²) in [6, 6.07) is 4.26. The molecule has 17 heavy (non-hydrogen) atoms. The molecule has 0 aliphatic heterocycles. The number of aliphatic hydroxyl groups is 2. The van der Waals surface area contributed by atoms with Crippen LogP contribution in [0.2, 0.25) is 0 Å². The first-order valence-corrected chi connectivity index (χ1v) is 7.07. The van der Waals surface area contributed by atoms with E-state index in [0.29, 0.717) is 0 Å². The molecule has 3 N–H and O–H groups in total. The Bertz CT molecular complexity index is 387. The summed E-state index contributed by atoms with van der Waals surface area (Å²) in [5.74, 6) is 0.143. The Kier molecular flexibility index (Phi) is 5.15. The van der Waals surface area contributed by atoms with Gasteiger partial charge in [-0.05, 0) is 30.5 Å². The Balaban J connectivity index is 2.65. The van der Waals surface area contributed by atoms with E-state index >= 15 is 0 Å². The molecule has 0 fully saturated rings. The zero-order chi connectivity index (χ0) is 12.9. The maximum Gasteiger partial charge on any atom is 0.432 e. The Morgan fingerprint density at radius 2 is 1.88 bits per heavy atom. The van der Waals surface area contributed by atoms with Gasteiger partial charge in [-0.3, -0.25) is 0 Å². The van der Waals surface area contributed by atoms with Crippen molar-refractivity contribution in [2.75, 3.05) is 0 Å². The molecule has 1 rings (SSSR count). The molecule has 0 amide bonds. The zero-order valence-electron chi connectivity index (χ0n) is 9.61. The molecule has 0 aliphatic carbocycles. The fraction of sp³-hybridized carbons (Fsp3) is 0.455. The summed E-state index contributed by atoms with van der Waals surface area (Å²) < 4.78 is 15.8. The van der Waals surface area contributed by atoms with Gasteiger partial charge in [0, 0.05) is 0 Å². The van der Waals surface area contributed by atoms with Crippen molar-refractivity contribution in [1.29, 1.82) is 0 Å². The Morgan fingerprint density at radius 3 is 2.35 bits per heavy atom. The lowest BCUT2D eigenvalue weighted by atomic mass is 10.1. The van der Waals surface area contributed by atoms with Crippen LogP contribution in [0, 0.1) is 0 Å². The number of hydrogen-bond acceptors (Lipinski definition) is 4. The highest BCUT2D eigenvalue weighted by Gasteiger charge is 2.30. The highest BCUT2D eigenvalue weighted by Crippen LogP contribution is 2.45. The second kappa shape index (κ2) is 6.17. The third-order valence-corrected chi connectivity index (χ3v) is 3.33. The SMILES string of the molecule is CCCCc1ccc(OP(=O)(O)C(O)O)cc1. The quantitative estimate of drug-likeness (QED) is 0.537. The van der Waals surface area contributed by atoms with Crippen molar-refractivity contribution < 1.29 is 24.2 Å². The average Bonchev–Trinajstić information content (AvgIpc) is 2.27. The number of hydrogen-bond donors (Lipinski definition) is 3. The van der Waals surface area contributed by atoms with Crippen LogP contribution in [0.5, 0.6) is 5.75 Å². The van der Waals surface area contributed by atoms with E-state index in [1.165, 1.54) is 12.1 Å². The van der Waals surface area contributed by atoms with Crippen LogP contribution in [0.15, 0.2) is 24.3 Å². The lowest BCUT2D eigenvalue weighted by Gasteiger charge is -2.14. The summed E-state index contributed by atoms with van der Waals surface area (Å²) in [4.78, 5) is 9.09. The molecule has 0 aromatic heterocycles. The van der Waals surface area contributed by atoms with Crippen LogP contribution in [-0.2, 0) is 11.0 Å². The van der Waals surface area contributed by atoms with Crippen molar-refractivity contribution in [2.24, 2.45) is 0 Å². The number of rotatable bonds is 6. The summed E-state index contributed by atoms with van der Waals surface area (Å²) in [5.41, 5.74) is 1.11. The van der Waals surface area contributed by atoms with Crippen LogP contribution in [-0.4, -0.2) is 21.1 Å². The van der Waals surface area contributed by atoms with Crippen molar-refractivity contribution in [2.45, 2.75) is 32.2 Å². The molecular weight excluding hydrogens is 243 g/mol. The molecule has 6 heteroatoms. The normalized spacial score (nSPS) is 14.6. The molecule has 0 radical (unpaired) electrons. The third kappa shape index (κ3) is 4.48. The molecule has 0 aliphatic rings. The molecule has 0 spiro atoms. The number of unbranched alkanes of at least 4 members (excludes halogenated alkanes) is 1. The molecule has 0 heterocycles. The van der Waals surface area contributed by atoms with Crippen molar-refractivity contribution >= 4 is 7.60 Å². The highest BCUT2D eigenvalue weighted by atomic mass is 31.2. The van der Waals surface area contributed by atoms with Crippen molar-refractivity contribution in [3.63, 3.8) is 0 Å². The summed E-state index contributed by atoms with van der Waals surface area (Å²) >= 11 is 0. The predicted molar refractivity (Wildman–Crippen MR) is 63.7 cm³/mol. The van der Waals surface area contributed by atoms with Crippen LogP contribution in [0.4, 0.5) is 0 Å². The molecular formula is C11H17O5P. The first-order valence-electron chi connectivity index (χ1n) is 5.43. The Labute approximate surface area is 100 Å². The van der Waals surface area contributed by atoms with Gasteiger partial charge in [-0.25, -0.2) is 4.57 Å². The molecule has 0 bridgehead atoms. The van der Waals surface area contributed by atoms with Gasteiger partial charge >= 0.3 is 7.60 Å². The predicted octanol–water partition coefficient (Wildman–Crippen LogP) is 1.86. The van der Waals surface area contributed by atoms with Crippen molar-refractivity contribution in [1.82, 2.24) is 0 Å². The van der Waals surface area contributed by atoms with Gasteiger partial charge < -0.3 is 19.6 Å². The molecule has 0 saturated heterocycles. The van der Waals surface area contributed by atoms with Gasteiger partial charge in [-0.1, -0.05) is 25.5 Å². The van der Waals surface area contributed by atoms with Gasteiger partial charge in [0.05, 0.1) is 0 Å². The lowest BCUT2D eigenvalue weighted by Crippen LogP contribution is -2.09. The van der Waals surface area contributed by atoms with E-state index in [9.17, 15) is 4.57 Å². The number of benzene rings is 1. The maximum atomic E-state index is 11.2. The van der Waals surface area contributed by atoms with Gasteiger partial charge in [-0.2, -0.15) is 0 Å². The fourth-order valence-electron chi connectivity index (χ4n) is 1.30. The van der Waals surface area contributed by atoms with Gasteiger partial charge in [0.15, 0.2) is 0 Å². The van der Waals surface area contributed by atoms with Crippen LogP contribution in [0.3, 0.4) is 0 Å². The maximum absolute atomic E-state index is 11.2.